The van der Waals surface area contributed by atoms with E-state index in [1.54, 1.807) is 14.2 Å². The predicted octanol–water partition coefficient (Wildman–Crippen LogP) is 4.07. The Bertz CT molecular complexity index is 759. The number of rotatable bonds is 4. The summed E-state index contributed by atoms with van der Waals surface area (Å²) in [7, 11) is 3.33. The second-order valence-corrected chi connectivity index (χ2v) is 5.03. The molecule has 0 saturated heterocycles. The highest BCUT2D eigenvalue weighted by molar-refractivity contribution is 5.82. The maximum atomic E-state index is 5.22. The third kappa shape index (κ3) is 2.55. The summed E-state index contributed by atoms with van der Waals surface area (Å²) in [5.41, 5.74) is 5.24. The van der Waals surface area contributed by atoms with Crippen molar-refractivity contribution in [1.82, 2.24) is 10.2 Å². The largest absolute Gasteiger partial charge is 0.497 e. The first-order valence-electron chi connectivity index (χ1n) is 7.06. The number of hydrogen-bond donors (Lipinski definition) is 1. The summed E-state index contributed by atoms with van der Waals surface area (Å²) in [6, 6.07) is 15.9. The number of aryl methyl sites for hydroxylation is 1. The summed E-state index contributed by atoms with van der Waals surface area (Å²) >= 11 is 0. The van der Waals surface area contributed by atoms with Crippen LogP contribution in [0.3, 0.4) is 0 Å². The number of benzene rings is 2. The lowest BCUT2D eigenvalue weighted by atomic mass is 9.99. The van der Waals surface area contributed by atoms with Crippen molar-refractivity contribution in [3.63, 3.8) is 0 Å². The average molecular weight is 294 g/mol. The van der Waals surface area contributed by atoms with Crippen LogP contribution in [0.1, 0.15) is 5.69 Å². The standard InChI is InChI=1S/C18H18N2O2/c1-12-17(13-4-8-15(21-2)9-5-13)18(20-19-12)14-6-10-16(22-3)11-7-14/h4-11H,1-3H3,(H,19,20). The molecule has 0 saturated carbocycles. The zero-order valence-electron chi connectivity index (χ0n) is 12.9. The van der Waals surface area contributed by atoms with E-state index in [9.17, 15) is 0 Å². The SMILES string of the molecule is COc1ccc(-c2n[nH]c(C)c2-c2ccc(OC)cc2)cc1. The van der Waals surface area contributed by atoms with Crippen LogP contribution in [0, 0.1) is 6.92 Å². The first kappa shape index (κ1) is 14.2. The molecule has 22 heavy (non-hydrogen) atoms. The van der Waals surface area contributed by atoms with Gasteiger partial charge in [0, 0.05) is 16.8 Å². The number of nitrogens with zero attached hydrogens (tertiary/aromatic N) is 1. The molecule has 0 fully saturated rings. The summed E-state index contributed by atoms with van der Waals surface area (Å²) in [6.45, 7) is 2.03. The minimum Gasteiger partial charge on any atom is -0.497 e. The van der Waals surface area contributed by atoms with Crippen LogP contribution >= 0.6 is 0 Å². The minimum absolute atomic E-state index is 0.835. The average Bonchev–Trinajstić information content (AvgIpc) is 2.96. The van der Waals surface area contributed by atoms with Crippen molar-refractivity contribution in [2.75, 3.05) is 14.2 Å². The highest BCUT2D eigenvalue weighted by atomic mass is 16.5. The van der Waals surface area contributed by atoms with Crippen LogP contribution in [0.4, 0.5) is 0 Å². The number of H-pyrrole nitrogens is 1. The Balaban J connectivity index is 2.05. The molecule has 0 atom stereocenters. The lowest BCUT2D eigenvalue weighted by Crippen LogP contribution is -1.87. The van der Waals surface area contributed by atoms with Crippen LogP contribution in [0.2, 0.25) is 0 Å². The van der Waals surface area contributed by atoms with Crippen molar-refractivity contribution in [3.8, 4) is 33.9 Å². The Hall–Kier alpha value is -2.75. The molecule has 1 aromatic heterocycles. The van der Waals surface area contributed by atoms with E-state index in [-0.39, 0.29) is 0 Å². The van der Waals surface area contributed by atoms with Crippen LogP contribution in [0.15, 0.2) is 48.5 Å². The molecule has 3 rings (SSSR count). The summed E-state index contributed by atoms with van der Waals surface area (Å²) < 4.78 is 10.4. The number of hydrogen-bond acceptors (Lipinski definition) is 3. The van der Waals surface area contributed by atoms with E-state index in [0.717, 1.165) is 39.6 Å². The molecular weight excluding hydrogens is 276 g/mol. The van der Waals surface area contributed by atoms with Crippen molar-refractivity contribution >= 4 is 0 Å². The van der Waals surface area contributed by atoms with Gasteiger partial charge in [-0.3, -0.25) is 5.10 Å². The fourth-order valence-electron chi connectivity index (χ4n) is 2.50. The van der Waals surface area contributed by atoms with Crippen molar-refractivity contribution in [1.29, 1.82) is 0 Å². The molecule has 0 aliphatic carbocycles. The van der Waals surface area contributed by atoms with E-state index in [1.807, 2.05) is 55.5 Å². The van der Waals surface area contributed by atoms with E-state index in [1.165, 1.54) is 0 Å². The fourth-order valence-corrected chi connectivity index (χ4v) is 2.50. The Labute approximate surface area is 129 Å². The van der Waals surface area contributed by atoms with Crippen LogP contribution in [0.25, 0.3) is 22.4 Å². The summed E-state index contributed by atoms with van der Waals surface area (Å²) in [5, 5.41) is 7.54. The van der Waals surface area contributed by atoms with Crippen LogP contribution in [-0.2, 0) is 0 Å². The molecule has 2 aromatic carbocycles. The molecule has 3 aromatic rings. The predicted molar refractivity (Wildman–Crippen MR) is 87.3 cm³/mol. The first-order valence-corrected chi connectivity index (χ1v) is 7.06. The lowest BCUT2D eigenvalue weighted by Gasteiger charge is -2.07. The van der Waals surface area contributed by atoms with Gasteiger partial charge < -0.3 is 9.47 Å². The van der Waals surface area contributed by atoms with Gasteiger partial charge in [0.1, 0.15) is 17.2 Å². The summed E-state index contributed by atoms with van der Waals surface area (Å²) in [5.74, 6) is 1.68. The number of ether oxygens (including phenoxy) is 2. The van der Waals surface area contributed by atoms with Crippen LogP contribution in [0.5, 0.6) is 11.5 Å². The number of aromatic amines is 1. The monoisotopic (exact) mass is 294 g/mol. The molecule has 0 aliphatic rings. The highest BCUT2D eigenvalue weighted by Gasteiger charge is 2.14. The van der Waals surface area contributed by atoms with Gasteiger partial charge in [0.05, 0.1) is 14.2 Å². The highest BCUT2D eigenvalue weighted by Crippen LogP contribution is 2.34. The molecule has 0 unspecified atom stereocenters. The van der Waals surface area contributed by atoms with Gasteiger partial charge in [-0.25, -0.2) is 0 Å². The summed E-state index contributed by atoms with van der Waals surface area (Å²) in [6.07, 6.45) is 0. The molecule has 0 bridgehead atoms. The molecule has 0 spiro atoms. The Morgan fingerprint density at radius 2 is 1.27 bits per heavy atom. The topological polar surface area (TPSA) is 47.1 Å². The zero-order chi connectivity index (χ0) is 15.5. The second-order valence-electron chi connectivity index (χ2n) is 5.03. The smallest absolute Gasteiger partial charge is 0.118 e. The molecule has 0 amide bonds. The molecule has 1 heterocycles. The van der Waals surface area contributed by atoms with Crippen molar-refractivity contribution in [2.24, 2.45) is 0 Å². The maximum Gasteiger partial charge on any atom is 0.118 e. The number of methoxy groups -OCH3 is 2. The van der Waals surface area contributed by atoms with Gasteiger partial charge in [-0.05, 0) is 48.9 Å². The van der Waals surface area contributed by atoms with Gasteiger partial charge >= 0.3 is 0 Å². The second kappa shape index (κ2) is 5.93. The zero-order valence-corrected chi connectivity index (χ0v) is 12.9. The van der Waals surface area contributed by atoms with Crippen molar-refractivity contribution < 1.29 is 9.47 Å². The normalized spacial score (nSPS) is 10.5. The van der Waals surface area contributed by atoms with Gasteiger partial charge in [-0.15, -0.1) is 0 Å². The van der Waals surface area contributed by atoms with E-state index >= 15 is 0 Å². The maximum absolute atomic E-state index is 5.22. The van der Waals surface area contributed by atoms with Crippen LogP contribution in [-0.4, -0.2) is 24.4 Å². The first-order chi connectivity index (χ1) is 10.7. The molecule has 112 valence electrons. The van der Waals surface area contributed by atoms with Gasteiger partial charge in [0.25, 0.3) is 0 Å². The Kier molecular flexibility index (Phi) is 3.83. The molecule has 4 nitrogen and oxygen atoms in total. The van der Waals surface area contributed by atoms with Gasteiger partial charge in [-0.2, -0.15) is 5.10 Å². The van der Waals surface area contributed by atoms with E-state index in [4.69, 9.17) is 9.47 Å². The van der Waals surface area contributed by atoms with Crippen LogP contribution < -0.4 is 9.47 Å². The van der Waals surface area contributed by atoms with Gasteiger partial charge in [-0.1, -0.05) is 12.1 Å². The summed E-state index contributed by atoms with van der Waals surface area (Å²) in [4.78, 5) is 0. The molecular formula is C18H18N2O2. The minimum atomic E-state index is 0.835. The van der Waals surface area contributed by atoms with Crippen molar-refractivity contribution in [2.45, 2.75) is 6.92 Å². The molecule has 4 heteroatoms. The van der Waals surface area contributed by atoms with Crippen molar-refractivity contribution in [3.05, 3.63) is 54.2 Å². The fraction of sp³-hybridized carbons (Fsp3) is 0.167. The third-order valence-corrected chi connectivity index (χ3v) is 3.69. The number of nitrogens with one attached hydrogen (secondary N) is 1. The molecule has 0 radical (unpaired) electrons. The number of aromatic nitrogens is 2. The van der Waals surface area contributed by atoms with E-state index < -0.39 is 0 Å². The van der Waals surface area contributed by atoms with Gasteiger partial charge in [0.15, 0.2) is 0 Å². The quantitative estimate of drug-likeness (QED) is 0.789. The Morgan fingerprint density at radius 3 is 1.77 bits per heavy atom. The Morgan fingerprint density at radius 1 is 0.773 bits per heavy atom. The molecule has 1 N–H and O–H groups in total. The lowest BCUT2D eigenvalue weighted by molar-refractivity contribution is 0.414. The third-order valence-electron chi connectivity index (χ3n) is 3.69. The van der Waals surface area contributed by atoms with Gasteiger partial charge in [0.2, 0.25) is 0 Å². The van der Waals surface area contributed by atoms with E-state index in [2.05, 4.69) is 10.2 Å². The van der Waals surface area contributed by atoms with E-state index in [0.29, 0.717) is 0 Å². The molecule has 0 aliphatic heterocycles.